The van der Waals surface area contributed by atoms with Crippen LogP contribution in [-0.2, 0) is 71.8 Å². The van der Waals surface area contributed by atoms with Crippen LogP contribution in [0.3, 0.4) is 0 Å². The zero-order valence-electron chi connectivity index (χ0n) is 54.6. The maximum Gasteiger partial charge on any atom is 0.417 e. The molecule has 0 radical (unpaired) electrons. The van der Waals surface area contributed by atoms with Crippen LogP contribution in [0.5, 0.6) is 0 Å². The lowest BCUT2D eigenvalue weighted by Crippen LogP contribution is -2.64. The van der Waals surface area contributed by atoms with E-state index in [4.69, 9.17) is 23.2 Å². The van der Waals surface area contributed by atoms with Gasteiger partial charge in [-0.05, 0) is 98.9 Å². The van der Waals surface area contributed by atoms with Gasteiger partial charge in [-0.1, -0.05) is 108 Å². The first-order valence-corrected chi connectivity index (χ1v) is 31.9. The van der Waals surface area contributed by atoms with Crippen molar-refractivity contribution in [3.63, 3.8) is 0 Å². The van der Waals surface area contributed by atoms with E-state index in [0.29, 0.717) is 31.2 Å². The number of carbonyl (C=O) groups is 11. The van der Waals surface area contributed by atoms with Crippen molar-refractivity contribution in [1.29, 1.82) is 0 Å². The summed E-state index contributed by atoms with van der Waals surface area (Å²) in [6, 6.07) is 1.54. The topological polar surface area (TPSA) is 259 Å². The van der Waals surface area contributed by atoms with Crippen LogP contribution < -0.4 is 21.3 Å². The molecule has 2 aliphatic heterocycles. The van der Waals surface area contributed by atoms with Crippen molar-refractivity contribution < 1.29 is 65.9 Å². The van der Waals surface area contributed by atoms with Gasteiger partial charge in [-0.2, -0.15) is 13.2 Å². The molecule has 1 spiro atoms. The predicted octanol–water partition coefficient (Wildman–Crippen LogP) is 5.09. The van der Waals surface area contributed by atoms with Crippen LogP contribution in [0.15, 0.2) is 42.5 Å². The maximum absolute atomic E-state index is 15.0. The average molecular weight is 1320 g/mol. The summed E-state index contributed by atoms with van der Waals surface area (Å²) in [6.45, 7) is 10.6. The highest BCUT2D eigenvalue weighted by Gasteiger charge is 2.49. The number of hydrogen-bond donors (Lipinski definition) is 4. The van der Waals surface area contributed by atoms with E-state index in [1.807, 2.05) is 20.8 Å². The molecular weight excluding hydrogens is 1230 g/mol. The van der Waals surface area contributed by atoms with Crippen LogP contribution >= 0.6 is 23.2 Å². The molecule has 504 valence electrons. The normalized spacial score (nSPS) is 24.9. The first-order valence-electron chi connectivity index (χ1n) is 31.2. The third-order valence-corrected chi connectivity index (χ3v) is 18.4. The fourth-order valence-electron chi connectivity index (χ4n) is 12.1. The number of fused-ring (bicyclic) bond motifs is 1. The number of rotatable bonds is 10. The lowest BCUT2D eigenvalue weighted by molar-refractivity contribution is -0.149. The standard InChI is InChI=1S/C64H92Cl2F3N11O11/c1-14-39(6)54-61(90)76(10)35-52(83)74(8)36-53(84)78(12)49(33-42-20-15-16-21-44(42)65)60(89)75(9)34-50(81)71-46(26-24-41-23-25-43(45(66)32-41)64(67,68)69)59(88)80-29-19-22-47(80)57(86)73-63(27-17-18-28-63)62(91)79(13)55(38(4)5)58(87)70-40(7)31-51(82)77(11)48(30-37(2)3)56(85)72-54/h15-16,20-21,23,25,32,37-40,46-49,54-55H,14,17-19,22,24,26-31,33-36H2,1-13H3,(H,70,87)(H,71,81)(H,72,85)(H,73,86)/t39-,40+,46-,47-,48-,49-,54-,55-/m0/s1. The molecule has 1 saturated carbocycles. The zero-order valence-corrected chi connectivity index (χ0v) is 56.2. The van der Waals surface area contributed by atoms with Crippen LogP contribution in [0.4, 0.5) is 13.2 Å². The quantitative estimate of drug-likeness (QED) is 0.244. The molecule has 5 rings (SSSR count). The van der Waals surface area contributed by atoms with Gasteiger partial charge < -0.3 is 55.6 Å². The molecule has 3 aliphatic rings. The van der Waals surface area contributed by atoms with Crippen molar-refractivity contribution in [1.82, 2.24) is 55.6 Å². The molecule has 91 heavy (non-hydrogen) atoms. The van der Waals surface area contributed by atoms with Crippen molar-refractivity contribution >= 4 is 88.2 Å². The largest absolute Gasteiger partial charge is 0.417 e. The van der Waals surface area contributed by atoms with E-state index in [-0.39, 0.29) is 74.4 Å². The Hall–Kier alpha value is -7.02. The molecule has 2 saturated heterocycles. The summed E-state index contributed by atoms with van der Waals surface area (Å²) in [6.07, 6.45) is -2.97. The maximum atomic E-state index is 15.0. The summed E-state index contributed by atoms with van der Waals surface area (Å²) in [5.41, 5.74) is -1.86. The van der Waals surface area contributed by atoms with E-state index in [1.54, 1.807) is 52.0 Å². The highest BCUT2D eigenvalue weighted by molar-refractivity contribution is 6.31. The van der Waals surface area contributed by atoms with E-state index in [2.05, 4.69) is 21.3 Å². The van der Waals surface area contributed by atoms with Crippen LogP contribution in [0.1, 0.15) is 129 Å². The molecule has 8 atom stereocenters. The molecular formula is C64H92Cl2F3N11O11. The summed E-state index contributed by atoms with van der Waals surface area (Å²) in [5, 5.41) is 11.1. The van der Waals surface area contributed by atoms with Gasteiger partial charge in [-0.25, -0.2) is 0 Å². The van der Waals surface area contributed by atoms with Gasteiger partial charge >= 0.3 is 6.18 Å². The SMILES string of the molecule is CC[C@H](C)[C@@H]1NC(=O)[C@H](CC(C)C)N(C)C(=O)C[C@@H](C)NC(=O)[C@H](C(C)C)N(C)C(=O)C2(CCCC2)NC(=O)[C@@H]2CCCN2C(=O)[C@H](CCc2ccc(C(F)(F)F)c(Cl)c2)NC(=O)CN(C)C(=O)[C@H](Cc2ccccc2Cl)N(C)C(=O)CN(C)C(=O)CN(C)C1=O. The van der Waals surface area contributed by atoms with Gasteiger partial charge in [-0.15, -0.1) is 0 Å². The smallest absolute Gasteiger partial charge is 0.351 e. The minimum absolute atomic E-state index is 0.0324. The number of benzene rings is 2. The van der Waals surface area contributed by atoms with Crippen molar-refractivity contribution in [3.8, 4) is 0 Å². The Kier molecular flexibility index (Phi) is 26.7. The molecule has 1 aliphatic carbocycles. The second-order valence-electron chi connectivity index (χ2n) is 25.6. The molecule has 2 heterocycles. The minimum Gasteiger partial charge on any atom is -0.351 e. The summed E-state index contributed by atoms with van der Waals surface area (Å²) in [5.74, 6) is -8.42. The second kappa shape index (κ2) is 32.5. The fraction of sp³-hybridized carbons (Fsp3) is 0.641. The lowest BCUT2D eigenvalue weighted by Gasteiger charge is -2.39. The number of nitrogens with zero attached hydrogens (tertiary/aromatic N) is 7. The van der Waals surface area contributed by atoms with Crippen molar-refractivity contribution in [3.05, 3.63) is 69.2 Å². The Balaban J connectivity index is 1.56. The molecule has 27 heteroatoms. The lowest BCUT2D eigenvalue weighted by atomic mass is 9.92. The Labute approximate surface area is 542 Å². The Morgan fingerprint density at radius 3 is 1.87 bits per heavy atom. The molecule has 4 N–H and O–H groups in total. The molecule has 0 bridgehead atoms. The molecule has 0 unspecified atom stereocenters. The van der Waals surface area contributed by atoms with Gasteiger partial charge in [-0.3, -0.25) is 52.7 Å². The third-order valence-electron chi connectivity index (χ3n) is 17.7. The first kappa shape index (κ1) is 74.7. The zero-order chi connectivity index (χ0) is 68.1. The van der Waals surface area contributed by atoms with Crippen molar-refractivity contribution in [2.45, 2.75) is 180 Å². The predicted molar refractivity (Wildman–Crippen MR) is 336 cm³/mol. The third kappa shape index (κ3) is 19.3. The number of aryl methyl sites for hydroxylation is 1. The number of hydrogen-bond acceptors (Lipinski definition) is 11. The Morgan fingerprint density at radius 1 is 0.659 bits per heavy atom. The second-order valence-corrected chi connectivity index (χ2v) is 26.4. The molecule has 22 nitrogen and oxygen atoms in total. The van der Waals surface area contributed by atoms with E-state index in [9.17, 15) is 65.9 Å². The monoisotopic (exact) mass is 1320 g/mol. The summed E-state index contributed by atoms with van der Waals surface area (Å²) in [7, 11) is 8.26. The van der Waals surface area contributed by atoms with Crippen LogP contribution in [-0.4, -0.2) is 216 Å². The number of halogens is 5. The van der Waals surface area contributed by atoms with Crippen LogP contribution in [0.25, 0.3) is 0 Å². The number of amides is 11. The highest BCUT2D eigenvalue weighted by atomic mass is 35.5. The van der Waals surface area contributed by atoms with Gasteiger partial charge in [0.15, 0.2) is 0 Å². The number of alkyl halides is 3. The highest BCUT2D eigenvalue weighted by Crippen LogP contribution is 2.36. The fourth-order valence-corrected chi connectivity index (χ4v) is 12.7. The summed E-state index contributed by atoms with van der Waals surface area (Å²) < 4.78 is 41.3. The van der Waals surface area contributed by atoms with E-state index in [1.165, 1.54) is 63.1 Å². The van der Waals surface area contributed by atoms with Crippen LogP contribution in [0.2, 0.25) is 10.0 Å². The first-order chi connectivity index (χ1) is 42.5. The van der Waals surface area contributed by atoms with E-state index < -0.39 is 161 Å². The van der Waals surface area contributed by atoms with Gasteiger partial charge in [0, 0.05) is 72.7 Å². The number of nitrogens with one attached hydrogen (secondary N) is 4. The van der Waals surface area contributed by atoms with Gasteiger partial charge in [0.2, 0.25) is 65.0 Å². The molecule has 3 fully saturated rings. The van der Waals surface area contributed by atoms with Gasteiger partial charge in [0.1, 0.15) is 41.8 Å². The molecule has 0 aromatic heterocycles. The summed E-state index contributed by atoms with van der Waals surface area (Å²) in [4.78, 5) is 167. The van der Waals surface area contributed by atoms with Crippen molar-refractivity contribution in [2.75, 3.05) is 68.5 Å². The number of carbonyl (C=O) groups excluding carboxylic acids is 11. The average Bonchev–Trinajstić information content (AvgIpc) is 1.78. The van der Waals surface area contributed by atoms with Crippen molar-refractivity contribution in [2.24, 2.45) is 17.8 Å². The minimum atomic E-state index is -4.76. The summed E-state index contributed by atoms with van der Waals surface area (Å²) >= 11 is 12.7. The van der Waals surface area contributed by atoms with Gasteiger partial charge in [0.05, 0.1) is 30.2 Å². The number of likely N-dealkylation sites (N-methyl/N-ethyl adjacent to an activating group) is 6. The Bertz CT molecular complexity index is 3000. The van der Waals surface area contributed by atoms with E-state index >= 15 is 0 Å². The van der Waals surface area contributed by atoms with Gasteiger partial charge in [0.25, 0.3) is 0 Å². The Morgan fingerprint density at radius 2 is 1.27 bits per heavy atom. The molecule has 11 amide bonds. The molecule has 2 aromatic rings. The van der Waals surface area contributed by atoms with E-state index in [0.717, 1.165) is 31.7 Å². The molecule has 2 aromatic carbocycles. The van der Waals surface area contributed by atoms with Crippen LogP contribution in [0, 0.1) is 17.8 Å².